The van der Waals surface area contributed by atoms with E-state index in [0.717, 1.165) is 71.9 Å². The fourth-order valence-corrected chi connectivity index (χ4v) is 4.44. The van der Waals surface area contributed by atoms with Crippen LogP contribution in [0.3, 0.4) is 0 Å². The summed E-state index contributed by atoms with van der Waals surface area (Å²) in [4.78, 5) is 13.0. The van der Waals surface area contributed by atoms with Crippen LogP contribution in [-0.4, -0.2) is 73.3 Å². The molecule has 0 radical (unpaired) electrons. The molecular formula is C25H27N5O2. The maximum Gasteiger partial charge on any atom is 0.163 e. The van der Waals surface area contributed by atoms with Gasteiger partial charge in [0.15, 0.2) is 11.5 Å². The van der Waals surface area contributed by atoms with Crippen LogP contribution in [0.2, 0.25) is 0 Å². The van der Waals surface area contributed by atoms with Gasteiger partial charge in [-0.05, 0) is 31.7 Å². The van der Waals surface area contributed by atoms with E-state index < -0.39 is 0 Å². The van der Waals surface area contributed by atoms with Crippen molar-refractivity contribution in [3.05, 3.63) is 42.1 Å². The Morgan fingerprint density at radius 1 is 1.06 bits per heavy atom. The molecule has 2 aromatic heterocycles. The minimum Gasteiger partial charge on any atom is -0.493 e. The summed E-state index contributed by atoms with van der Waals surface area (Å²) < 4.78 is 11.7. The Hall–Kier alpha value is -3.34. The van der Waals surface area contributed by atoms with E-state index in [9.17, 15) is 5.26 Å². The Kier molecular flexibility index (Phi) is 5.56. The van der Waals surface area contributed by atoms with E-state index in [4.69, 9.17) is 9.47 Å². The molecule has 0 bridgehead atoms. The second-order valence-corrected chi connectivity index (χ2v) is 8.41. The third-order valence-electron chi connectivity index (χ3n) is 6.32. The van der Waals surface area contributed by atoms with Gasteiger partial charge in [0.05, 0.1) is 36.4 Å². The number of likely N-dealkylation sites (N-methyl/N-ethyl adjacent to an activating group) is 1. The predicted octanol–water partition coefficient (Wildman–Crippen LogP) is 3.77. The Morgan fingerprint density at radius 2 is 1.91 bits per heavy atom. The quantitative estimate of drug-likeness (QED) is 0.470. The number of aromatic amines is 1. The van der Waals surface area contributed by atoms with E-state index in [2.05, 4.69) is 32.9 Å². The summed E-state index contributed by atoms with van der Waals surface area (Å²) >= 11 is 0. The van der Waals surface area contributed by atoms with Gasteiger partial charge in [0.1, 0.15) is 0 Å². The first-order valence-corrected chi connectivity index (χ1v) is 11.0. The first kappa shape index (κ1) is 20.6. The van der Waals surface area contributed by atoms with Crippen LogP contribution in [0.5, 0.6) is 11.5 Å². The highest BCUT2D eigenvalue weighted by atomic mass is 16.5. The number of nitriles is 1. The molecule has 3 heterocycles. The molecule has 5 rings (SSSR count). The van der Waals surface area contributed by atoms with Crippen molar-refractivity contribution in [3.8, 4) is 17.6 Å². The van der Waals surface area contributed by atoms with Crippen LogP contribution in [0.25, 0.3) is 32.7 Å². The molecule has 1 N–H and O–H groups in total. The monoisotopic (exact) mass is 429 g/mol. The smallest absolute Gasteiger partial charge is 0.163 e. The molecule has 1 saturated heterocycles. The molecular weight excluding hydrogens is 402 g/mol. The lowest BCUT2D eigenvalue weighted by Crippen LogP contribution is -2.44. The zero-order chi connectivity index (χ0) is 22.1. The van der Waals surface area contributed by atoms with Gasteiger partial charge in [-0.3, -0.25) is 4.98 Å². The number of hydrogen-bond acceptors (Lipinski definition) is 6. The molecule has 0 amide bonds. The van der Waals surface area contributed by atoms with Crippen molar-refractivity contribution in [2.24, 2.45) is 0 Å². The van der Waals surface area contributed by atoms with Gasteiger partial charge in [0.2, 0.25) is 0 Å². The van der Waals surface area contributed by atoms with Crippen LogP contribution in [0.4, 0.5) is 0 Å². The van der Waals surface area contributed by atoms with E-state index in [1.807, 2.05) is 36.5 Å². The number of pyridine rings is 1. The van der Waals surface area contributed by atoms with E-state index in [1.165, 1.54) is 0 Å². The predicted molar refractivity (Wildman–Crippen MR) is 126 cm³/mol. The number of methoxy groups -OCH3 is 1. The molecule has 1 aliphatic rings. The van der Waals surface area contributed by atoms with Crippen molar-refractivity contribution in [1.82, 2.24) is 19.8 Å². The highest BCUT2D eigenvalue weighted by Crippen LogP contribution is 2.36. The molecule has 0 atom stereocenters. The Labute approximate surface area is 187 Å². The summed E-state index contributed by atoms with van der Waals surface area (Å²) in [7, 11) is 3.84. The van der Waals surface area contributed by atoms with Gasteiger partial charge < -0.3 is 24.3 Å². The largest absolute Gasteiger partial charge is 0.493 e. The molecule has 32 heavy (non-hydrogen) atoms. The Bertz CT molecular complexity index is 1320. The van der Waals surface area contributed by atoms with E-state index in [0.29, 0.717) is 23.7 Å². The zero-order valence-electron chi connectivity index (χ0n) is 18.5. The third kappa shape index (κ3) is 3.83. The summed E-state index contributed by atoms with van der Waals surface area (Å²) in [5.41, 5.74) is 3.39. The standard InChI is InChI=1S/C25H27N5O2/c1-29-7-9-30(10-8-29)6-3-11-32-24-14-21-19(13-23(24)31-2)25-20(16-27-21)18-5-4-17(15-26)12-22(18)28-25/h4-5,12-14,16,28H,3,6-11H2,1-2H3. The topological polar surface area (TPSA) is 77.4 Å². The minimum atomic E-state index is 0.631. The number of benzene rings is 2. The highest BCUT2D eigenvalue weighted by Gasteiger charge is 2.15. The van der Waals surface area contributed by atoms with Crippen LogP contribution >= 0.6 is 0 Å². The average Bonchev–Trinajstić information content (AvgIpc) is 3.20. The van der Waals surface area contributed by atoms with Crippen molar-refractivity contribution in [2.75, 3.05) is 53.5 Å². The lowest BCUT2D eigenvalue weighted by molar-refractivity contribution is 0.145. The number of nitrogens with one attached hydrogen (secondary N) is 1. The van der Waals surface area contributed by atoms with Crippen LogP contribution < -0.4 is 9.47 Å². The van der Waals surface area contributed by atoms with Gasteiger partial charge in [0, 0.05) is 66.7 Å². The van der Waals surface area contributed by atoms with Gasteiger partial charge in [-0.15, -0.1) is 0 Å². The summed E-state index contributed by atoms with van der Waals surface area (Å²) in [5, 5.41) is 12.3. The number of piperazine rings is 1. The minimum absolute atomic E-state index is 0.631. The fourth-order valence-electron chi connectivity index (χ4n) is 4.44. The van der Waals surface area contributed by atoms with Gasteiger partial charge in [-0.1, -0.05) is 6.07 Å². The van der Waals surface area contributed by atoms with E-state index in [-0.39, 0.29) is 0 Å². The second-order valence-electron chi connectivity index (χ2n) is 8.41. The number of aromatic nitrogens is 2. The number of hydrogen-bond donors (Lipinski definition) is 1. The normalized spacial score (nSPS) is 15.4. The maximum absolute atomic E-state index is 9.20. The third-order valence-corrected chi connectivity index (χ3v) is 6.32. The summed E-state index contributed by atoms with van der Waals surface area (Å²) in [5.74, 6) is 1.41. The van der Waals surface area contributed by atoms with Crippen molar-refractivity contribution >= 4 is 32.7 Å². The van der Waals surface area contributed by atoms with E-state index >= 15 is 0 Å². The van der Waals surface area contributed by atoms with Crippen LogP contribution in [0, 0.1) is 11.3 Å². The zero-order valence-corrected chi connectivity index (χ0v) is 18.5. The second kappa shape index (κ2) is 8.65. The van der Waals surface area contributed by atoms with Crippen molar-refractivity contribution in [3.63, 3.8) is 0 Å². The van der Waals surface area contributed by atoms with Crippen LogP contribution in [0.15, 0.2) is 36.5 Å². The Balaban J connectivity index is 1.39. The number of nitrogens with zero attached hydrogens (tertiary/aromatic N) is 4. The lowest BCUT2D eigenvalue weighted by atomic mass is 10.1. The average molecular weight is 430 g/mol. The molecule has 1 aliphatic heterocycles. The first-order chi connectivity index (χ1) is 15.7. The van der Waals surface area contributed by atoms with Crippen LogP contribution in [0.1, 0.15) is 12.0 Å². The highest BCUT2D eigenvalue weighted by molar-refractivity contribution is 6.16. The molecule has 0 unspecified atom stereocenters. The molecule has 2 aromatic carbocycles. The molecule has 7 nitrogen and oxygen atoms in total. The van der Waals surface area contributed by atoms with E-state index in [1.54, 1.807) is 7.11 Å². The van der Waals surface area contributed by atoms with Crippen molar-refractivity contribution in [1.29, 1.82) is 5.26 Å². The van der Waals surface area contributed by atoms with Gasteiger partial charge >= 0.3 is 0 Å². The van der Waals surface area contributed by atoms with Crippen LogP contribution in [-0.2, 0) is 0 Å². The summed E-state index contributed by atoms with van der Waals surface area (Å²) in [6.45, 7) is 6.18. The fraction of sp³-hybridized carbons (Fsp3) is 0.360. The molecule has 0 saturated carbocycles. The van der Waals surface area contributed by atoms with Gasteiger partial charge in [0.25, 0.3) is 0 Å². The number of ether oxygens (including phenoxy) is 2. The SMILES string of the molecule is COc1cc2c(cc1OCCCN1CCN(C)CC1)ncc1c3ccc(C#N)cc3[nH]c21. The van der Waals surface area contributed by atoms with Gasteiger partial charge in [-0.25, -0.2) is 0 Å². The van der Waals surface area contributed by atoms with Crippen molar-refractivity contribution < 1.29 is 9.47 Å². The lowest BCUT2D eigenvalue weighted by Gasteiger charge is -2.32. The summed E-state index contributed by atoms with van der Waals surface area (Å²) in [6.07, 6.45) is 2.85. The summed E-state index contributed by atoms with van der Waals surface area (Å²) in [6, 6.07) is 11.8. The molecule has 164 valence electrons. The van der Waals surface area contributed by atoms with Crippen molar-refractivity contribution in [2.45, 2.75) is 6.42 Å². The van der Waals surface area contributed by atoms with Gasteiger partial charge in [-0.2, -0.15) is 5.26 Å². The number of H-pyrrole nitrogens is 1. The number of rotatable bonds is 6. The molecule has 1 fully saturated rings. The molecule has 4 aromatic rings. The first-order valence-electron chi connectivity index (χ1n) is 11.0. The molecule has 0 spiro atoms. The Morgan fingerprint density at radius 3 is 2.69 bits per heavy atom. The maximum atomic E-state index is 9.20. The molecule has 7 heteroatoms. The molecule has 0 aliphatic carbocycles. The number of fused-ring (bicyclic) bond motifs is 5.